The second-order valence-corrected chi connectivity index (χ2v) is 7.86. The van der Waals surface area contributed by atoms with Gasteiger partial charge in [0.25, 0.3) is 11.8 Å². The van der Waals surface area contributed by atoms with E-state index in [9.17, 15) is 9.59 Å². The van der Waals surface area contributed by atoms with Crippen molar-refractivity contribution in [2.45, 2.75) is 44.5 Å². The van der Waals surface area contributed by atoms with Crippen LogP contribution in [0.2, 0.25) is 0 Å². The van der Waals surface area contributed by atoms with Crippen LogP contribution in [0.4, 0.5) is 0 Å². The van der Waals surface area contributed by atoms with Gasteiger partial charge in [0.2, 0.25) is 0 Å². The summed E-state index contributed by atoms with van der Waals surface area (Å²) in [5.41, 5.74) is 1.63. The van der Waals surface area contributed by atoms with Crippen molar-refractivity contribution in [2.24, 2.45) is 0 Å². The first-order valence-electron chi connectivity index (χ1n) is 10.8. The largest absolute Gasteiger partial charge is 0.382 e. The fourth-order valence-corrected chi connectivity index (χ4v) is 4.38. The number of hydrogen-bond donors (Lipinski definition) is 0. The van der Waals surface area contributed by atoms with E-state index in [4.69, 9.17) is 9.47 Å². The van der Waals surface area contributed by atoms with Crippen molar-refractivity contribution >= 4 is 11.8 Å². The Hall–Kier alpha value is -2.78. The fourth-order valence-electron chi connectivity index (χ4n) is 4.38. The number of likely N-dealkylation sites (tertiary alicyclic amines) is 2. The Morgan fingerprint density at radius 3 is 2.58 bits per heavy atom. The molecule has 31 heavy (non-hydrogen) atoms. The minimum absolute atomic E-state index is 0.000421. The predicted octanol–water partition coefficient (Wildman–Crippen LogP) is 1.52. The summed E-state index contributed by atoms with van der Waals surface area (Å²) in [6.45, 7) is 4.77. The summed E-state index contributed by atoms with van der Waals surface area (Å²) in [5.74, 6) is 0.00598. The summed E-state index contributed by atoms with van der Waals surface area (Å²) in [5, 5.41) is 4.20. The van der Waals surface area contributed by atoms with Crippen LogP contribution in [0.3, 0.4) is 0 Å². The van der Waals surface area contributed by atoms with Gasteiger partial charge in [0, 0.05) is 51.4 Å². The van der Waals surface area contributed by atoms with Gasteiger partial charge in [-0.05, 0) is 37.5 Å². The van der Waals surface area contributed by atoms with E-state index < -0.39 is 6.10 Å². The zero-order chi connectivity index (χ0) is 21.8. The Morgan fingerprint density at radius 2 is 1.94 bits per heavy atom. The van der Waals surface area contributed by atoms with Crippen molar-refractivity contribution in [3.8, 4) is 0 Å². The van der Waals surface area contributed by atoms with E-state index in [0.717, 1.165) is 24.9 Å². The zero-order valence-electron chi connectivity index (χ0n) is 18.0. The van der Waals surface area contributed by atoms with Gasteiger partial charge in [-0.2, -0.15) is 5.10 Å². The van der Waals surface area contributed by atoms with Gasteiger partial charge in [-0.25, -0.2) is 0 Å². The highest BCUT2D eigenvalue weighted by Crippen LogP contribution is 2.40. The van der Waals surface area contributed by atoms with Gasteiger partial charge in [-0.15, -0.1) is 0 Å². The van der Waals surface area contributed by atoms with Crippen LogP contribution in [0.1, 0.15) is 41.7 Å². The number of rotatable bonds is 8. The molecule has 2 aromatic heterocycles. The van der Waals surface area contributed by atoms with E-state index in [0.29, 0.717) is 31.9 Å². The summed E-state index contributed by atoms with van der Waals surface area (Å²) in [4.78, 5) is 33.6. The highest BCUT2D eigenvalue weighted by molar-refractivity contribution is 5.94. The number of β-lactam (4-membered cyclic amide) rings is 1. The molecule has 0 N–H and O–H groups in total. The van der Waals surface area contributed by atoms with Gasteiger partial charge in [0.1, 0.15) is 0 Å². The number of aryl methyl sites for hydroxylation is 1. The van der Waals surface area contributed by atoms with Crippen molar-refractivity contribution in [2.75, 3.05) is 33.4 Å². The van der Waals surface area contributed by atoms with E-state index in [1.54, 1.807) is 36.6 Å². The number of pyridine rings is 1. The first-order chi connectivity index (χ1) is 15.1. The smallest absolute Gasteiger partial charge is 0.257 e. The quantitative estimate of drug-likeness (QED) is 0.469. The van der Waals surface area contributed by atoms with E-state index in [1.807, 2.05) is 28.9 Å². The minimum Gasteiger partial charge on any atom is -0.382 e. The molecule has 0 saturated carbocycles. The lowest BCUT2D eigenvalue weighted by molar-refractivity contribution is -0.183. The van der Waals surface area contributed by atoms with Crippen LogP contribution < -0.4 is 0 Å². The van der Waals surface area contributed by atoms with Crippen molar-refractivity contribution in [3.63, 3.8) is 0 Å². The number of aromatic nitrogens is 3. The highest BCUT2D eigenvalue weighted by atomic mass is 16.5. The first-order valence-corrected chi connectivity index (χ1v) is 10.8. The van der Waals surface area contributed by atoms with E-state index in [2.05, 4.69) is 10.1 Å². The second kappa shape index (κ2) is 9.57. The lowest BCUT2D eigenvalue weighted by atomic mass is 9.86. The third kappa shape index (κ3) is 4.33. The summed E-state index contributed by atoms with van der Waals surface area (Å²) in [7, 11) is 1.61. The SMILES string of the molecule is CCn1cc(C(=O)N2CCC(N3C(=O)[C@H](OCCOC)[C@@H]3c3ccncc3)CC2)cn1. The normalized spacial score (nSPS) is 21.9. The number of amides is 2. The second-order valence-electron chi connectivity index (χ2n) is 7.86. The summed E-state index contributed by atoms with van der Waals surface area (Å²) >= 11 is 0. The molecule has 2 atom stereocenters. The molecule has 0 aliphatic carbocycles. The van der Waals surface area contributed by atoms with Crippen LogP contribution in [-0.2, 0) is 20.8 Å². The highest BCUT2D eigenvalue weighted by Gasteiger charge is 2.52. The van der Waals surface area contributed by atoms with Crippen LogP contribution in [0.5, 0.6) is 0 Å². The Morgan fingerprint density at radius 1 is 1.19 bits per heavy atom. The summed E-state index contributed by atoms with van der Waals surface area (Å²) in [6.07, 6.45) is 7.86. The van der Waals surface area contributed by atoms with Crippen molar-refractivity contribution in [3.05, 3.63) is 48.0 Å². The number of carbonyl (C=O) groups excluding carboxylic acids is 2. The maximum atomic E-state index is 13.0. The van der Waals surface area contributed by atoms with E-state index in [-0.39, 0.29) is 23.9 Å². The molecule has 2 aromatic rings. The number of ether oxygens (including phenoxy) is 2. The molecule has 0 bridgehead atoms. The topological polar surface area (TPSA) is 89.8 Å². The van der Waals surface area contributed by atoms with Crippen molar-refractivity contribution in [1.29, 1.82) is 0 Å². The molecule has 9 nitrogen and oxygen atoms in total. The summed E-state index contributed by atoms with van der Waals surface area (Å²) < 4.78 is 12.6. The van der Waals surface area contributed by atoms with E-state index >= 15 is 0 Å². The molecule has 4 heterocycles. The molecule has 9 heteroatoms. The number of methoxy groups -OCH3 is 1. The van der Waals surface area contributed by atoms with Gasteiger partial charge in [-0.1, -0.05) is 0 Å². The van der Waals surface area contributed by atoms with Crippen LogP contribution in [0, 0.1) is 0 Å². The molecule has 2 fully saturated rings. The molecule has 0 spiro atoms. The monoisotopic (exact) mass is 427 g/mol. The van der Waals surface area contributed by atoms with Crippen molar-refractivity contribution in [1.82, 2.24) is 24.6 Å². The molecule has 166 valence electrons. The predicted molar refractivity (Wildman–Crippen MR) is 112 cm³/mol. The van der Waals surface area contributed by atoms with Gasteiger partial charge in [0.05, 0.1) is 31.0 Å². The average Bonchev–Trinajstić information content (AvgIpc) is 3.30. The van der Waals surface area contributed by atoms with E-state index in [1.165, 1.54) is 0 Å². The van der Waals surface area contributed by atoms with Gasteiger partial charge < -0.3 is 19.3 Å². The van der Waals surface area contributed by atoms with Crippen LogP contribution in [0.15, 0.2) is 36.9 Å². The zero-order valence-corrected chi connectivity index (χ0v) is 18.0. The Balaban J connectivity index is 1.41. The summed E-state index contributed by atoms with van der Waals surface area (Å²) in [6, 6.07) is 3.81. The molecular weight excluding hydrogens is 398 g/mol. The molecule has 2 aliphatic heterocycles. The molecule has 0 radical (unpaired) electrons. The van der Waals surface area contributed by atoms with Gasteiger partial charge in [0.15, 0.2) is 6.10 Å². The minimum atomic E-state index is -0.503. The number of carbonyl (C=O) groups is 2. The molecule has 2 amide bonds. The fraction of sp³-hybridized carbons (Fsp3) is 0.545. The van der Waals surface area contributed by atoms with Crippen LogP contribution in [-0.4, -0.2) is 81.9 Å². The maximum absolute atomic E-state index is 13.0. The molecule has 2 aliphatic rings. The molecular formula is C22H29N5O4. The molecule has 2 saturated heterocycles. The third-order valence-corrected chi connectivity index (χ3v) is 6.07. The number of nitrogens with zero attached hydrogens (tertiary/aromatic N) is 5. The third-order valence-electron chi connectivity index (χ3n) is 6.07. The van der Waals surface area contributed by atoms with Crippen LogP contribution >= 0.6 is 0 Å². The lowest BCUT2D eigenvalue weighted by Crippen LogP contribution is -2.65. The Labute approximate surface area is 181 Å². The molecule has 0 unspecified atom stereocenters. The van der Waals surface area contributed by atoms with Crippen LogP contribution in [0.25, 0.3) is 0 Å². The average molecular weight is 428 g/mol. The molecule has 0 aromatic carbocycles. The Kier molecular flexibility index (Phi) is 6.62. The number of hydrogen-bond acceptors (Lipinski definition) is 6. The Bertz CT molecular complexity index is 894. The lowest BCUT2D eigenvalue weighted by Gasteiger charge is -2.52. The van der Waals surface area contributed by atoms with Crippen molar-refractivity contribution < 1.29 is 19.1 Å². The van der Waals surface area contributed by atoms with Gasteiger partial charge in [-0.3, -0.25) is 19.3 Å². The maximum Gasteiger partial charge on any atom is 0.257 e. The standard InChI is InChI=1S/C22H29N5O4/c1-3-26-15-17(14-24-26)21(28)25-10-6-18(7-11-25)27-19(16-4-8-23-9-5-16)20(22(27)29)31-13-12-30-2/h4-5,8-9,14-15,18-20H,3,6-7,10-13H2,1-2H3/t19-,20+/m0/s1. The van der Waals surface area contributed by atoms with Gasteiger partial charge >= 0.3 is 0 Å². The first kappa shape index (κ1) is 21.5. The molecule has 4 rings (SSSR count). The number of piperidine rings is 1.